The normalized spacial score (nSPS) is 15.3. The third-order valence-electron chi connectivity index (χ3n) is 1.99. The highest BCUT2D eigenvalue weighted by molar-refractivity contribution is 5.69. The van der Waals surface area contributed by atoms with Crippen molar-refractivity contribution in [3.8, 4) is 0 Å². The summed E-state index contributed by atoms with van der Waals surface area (Å²) in [5, 5.41) is 18.8. The van der Waals surface area contributed by atoms with Crippen molar-refractivity contribution in [3.05, 3.63) is 0 Å². The van der Waals surface area contributed by atoms with E-state index in [4.69, 9.17) is 0 Å². The molecule has 0 aromatic rings. The van der Waals surface area contributed by atoms with Crippen LogP contribution >= 0.6 is 0 Å². The molecule has 14 heavy (non-hydrogen) atoms. The number of aliphatic hydroxyl groups is 2. The summed E-state index contributed by atoms with van der Waals surface area (Å²) in [6.07, 6.45) is -1.21. The third kappa shape index (κ3) is 5.94. The molecule has 84 valence electrons. The summed E-state index contributed by atoms with van der Waals surface area (Å²) in [7, 11) is 0. The SMILES string of the molecule is CCOC(=O)C[C@@H](O)C[C@H](O)C(C)C. The molecule has 4 nitrogen and oxygen atoms in total. The van der Waals surface area contributed by atoms with Gasteiger partial charge in [-0.1, -0.05) is 13.8 Å². The van der Waals surface area contributed by atoms with Crippen molar-refractivity contribution < 1.29 is 19.7 Å². The summed E-state index contributed by atoms with van der Waals surface area (Å²) in [5.41, 5.74) is 0. The molecule has 0 radical (unpaired) electrons. The van der Waals surface area contributed by atoms with E-state index in [2.05, 4.69) is 4.74 Å². The molecule has 0 aliphatic carbocycles. The van der Waals surface area contributed by atoms with Crippen LogP contribution in [0.1, 0.15) is 33.6 Å². The van der Waals surface area contributed by atoms with E-state index in [0.29, 0.717) is 6.61 Å². The van der Waals surface area contributed by atoms with Gasteiger partial charge in [0.2, 0.25) is 0 Å². The van der Waals surface area contributed by atoms with E-state index < -0.39 is 18.2 Å². The van der Waals surface area contributed by atoms with Gasteiger partial charge < -0.3 is 14.9 Å². The van der Waals surface area contributed by atoms with Crippen LogP contribution in [0.15, 0.2) is 0 Å². The Morgan fingerprint density at radius 2 is 1.93 bits per heavy atom. The van der Waals surface area contributed by atoms with Gasteiger partial charge in [0, 0.05) is 6.42 Å². The molecule has 0 amide bonds. The highest BCUT2D eigenvalue weighted by atomic mass is 16.5. The summed E-state index contributed by atoms with van der Waals surface area (Å²) >= 11 is 0. The summed E-state index contributed by atoms with van der Waals surface area (Å²) in [6.45, 7) is 5.76. The molecule has 0 aromatic carbocycles. The molecule has 0 saturated carbocycles. The van der Waals surface area contributed by atoms with Crippen LogP contribution in [-0.2, 0) is 9.53 Å². The summed E-state index contributed by atoms with van der Waals surface area (Å²) in [4.78, 5) is 10.9. The Morgan fingerprint density at radius 1 is 1.36 bits per heavy atom. The van der Waals surface area contributed by atoms with Gasteiger partial charge in [-0.05, 0) is 12.8 Å². The van der Waals surface area contributed by atoms with Crippen LogP contribution in [0.4, 0.5) is 0 Å². The molecule has 0 saturated heterocycles. The lowest BCUT2D eigenvalue weighted by atomic mass is 10.00. The van der Waals surface area contributed by atoms with Crippen LogP contribution < -0.4 is 0 Å². The molecule has 0 rings (SSSR count). The van der Waals surface area contributed by atoms with E-state index in [1.807, 2.05) is 13.8 Å². The number of hydrogen-bond donors (Lipinski definition) is 2. The fourth-order valence-corrected chi connectivity index (χ4v) is 1.05. The first-order valence-corrected chi connectivity index (χ1v) is 4.99. The number of rotatable bonds is 6. The van der Waals surface area contributed by atoms with E-state index in [0.717, 1.165) is 0 Å². The molecule has 0 bridgehead atoms. The Kier molecular flexibility index (Phi) is 6.49. The Morgan fingerprint density at radius 3 is 2.36 bits per heavy atom. The third-order valence-corrected chi connectivity index (χ3v) is 1.99. The van der Waals surface area contributed by atoms with Crippen molar-refractivity contribution in [2.75, 3.05) is 6.61 Å². The summed E-state index contributed by atoms with van der Waals surface area (Å²) in [5.74, 6) is -0.331. The largest absolute Gasteiger partial charge is 0.466 e. The van der Waals surface area contributed by atoms with E-state index in [9.17, 15) is 15.0 Å². The van der Waals surface area contributed by atoms with Gasteiger partial charge in [0.1, 0.15) is 0 Å². The van der Waals surface area contributed by atoms with Crippen molar-refractivity contribution in [1.29, 1.82) is 0 Å². The van der Waals surface area contributed by atoms with Gasteiger partial charge in [0.05, 0.1) is 25.2 Å². The number of carbonyl (C=O) groups is 1. The Hall–Kier alpha value is -0.610. The first-order valence-electron chi connectivity index (χ1n) is 4.99. The van der Waals surface area contributed by atoms with E-state index in [1.54, 1.807) is 6.92 Å². The van der Waals surface area contributed by atoms with Crippen LogP contribution in [0.5, 0.6) is 0 Å². The van der Waals surface area contributed by atoms with E-state index >= 15 is 0 Å². The molecule has 0 aliphatic rings. The zero-order valence-electron chi connectivity index (χ0n) is 9.06. The second-order valence-electron chi connectivity index (χ2n) is 3.71. The van der Waals surface area contributed by atoms with E-state index in [-0.39, 0.29) is 18.8 Å². The van der Waals surface area contributed by atoms with Gasteiger partial charge in [0.15, 0.2) is 0 Å². The predicted molar refractivity (Wildman–Crippen MR) is 52.7 cm³/mol. The van der Waals surface area contributed by atoms with Gasteiger partial charge in [-0.2, -0.15) is 0 Å². The quantitative estimate of drug-likeness (QED) is 0.625. The average molecular weight is 204 g/mol. The molecule has 0 spiro atoms. The molecule has 2 atom stereocenters. The predicted octanol–water partition coefficient (Wildman–Crippen LogP) is 0.707. The van der Waals surface area contributed by atoms with Gasteiger partial charge in [0.25, 0.3) is 0 Å². The lowest BCUT2D eigenvalue weighted by molar-refractivity contribution is -0.145. The fourth-order valence-electron chi connectivity index (χ4n) is 1.05. The Balaban J connectivity index is 3.74. The molecule has 0 fully saturated rings. The highest BCUT2D eigenvalue weighted by Crippen LogP contribution is 2.10. The lowest BCUT2D eigenvalue weighted by Gasteiger charge is -2.17. The molecule has 4 heteroatoms. The van der Waals surface area contributed by atoms with Crippen LogP contribution in [0.25, 0.3) is 0 Å². The van der Waals surface area contributed by atoms with Crippen molar-refractivity contribution >= 4 is 5.97 Å². The first-order chi connectivity index (χ1) is 6.47. The number of esters is 1. The molecule has 0 aliphatic heterocycles. The maximum Gasteiger partial charge on any atom is 0.308 e. The second kappa shape index (κ2) is 6.79. The first kappa shape index (κ1) is 13.4. The Labute approximate surface area is 84.9 Å². The lowest BCUT2D eigenvalue weighted by Crippen LogP contribution is -2.25. The van der Waals surface area contributed by atoms with Crippen molar-refractivity contribution in [2.45, 2.75) is 45.8 Å². The van der Waals surface area contributed by atoms with Crippen LogP contribution in [-0.4, -0.2) is 35.0 Å². The van der Waals surface area contributed by atoms with Crippen molar-refractivity contribution in [3.63, 3.8) is 0 Å². The van der Waals surface area contributed by atoms with Crippen molar-refractivity contribution in [2.24, 2.45) is 5.92 Å². The zero-order valence-corrected chi connectivity index (χ0v) is 9.06. The van der Waals surface area contributed by atoms with Crippen LogP contribution in [0.3, 0.4) is 0 Å². The minimum Gasteiger partial charge on any atom is -0.466 e. The topological polar surface area (TPSA) is 66.8 Å². The van der Waals surface area contributed by atoms with Crippen molar-refractivity contribution in [1.82, 2.24) is 0 Å². The maximum absolute atomic E-state index is 10.9. The number of carbonyl (C=O) groups excluding carboxylic acids is 1. The average Bonchev–Trinajstić information content (AvgIpc) is 2.03. The molecule has 0 unspecified atom stereocenters. The molecular formula is C10H20O4. The zero-order chi connectivity index (χ0) is 11.1. The minimum atomic E-state index is -0.813. The Bertz CT molecular complexity index is 168. The van der Waals surface area contributed by atoms with Crippen LogP contribution in [0.2, 0.25) is 0 Å². The minimum absolute atomic E-state index is 0.0440. The fraction of sp³-hybridized carbons (Fsp3) is 0.900. The molecule has 0 aromatic heterocycles. The van der Waals surface area contributed by atoms with Gasteiger partial charge in [-0.15, -0.1) is 0 Å². The number of hydrogen-bond acceptors (Lipinski definition) is 4. The monoisotopic (exact) mass is 204 g/mol. The molecular weight excluding hydrogens is 184 g/mol. The van der Waals surface area contributed by atoms with Gasteiger partial charge in [-0.3, -0.25) is 4.79 Å². The molecule has 0 heterocycles. The summed E-state index contributed by atoms with van der Waals surface area (Å²) in [6, 6.07) is 0. The van der Waals surface area contributed by atoms with Gasteiger partial charge in [-0.25, -0.2) is 0 Å². The second-order valence-corrected chi connectivity index (χ2v) is 3.71. The maximum atomic E-state index is 10.9. The van der Waals surface area contributed by atoms with E-state index in [1.165, 1.54) is 0 Å². The van der Waals surface area contributed by atoms with Gasteiger partial charge >= 0.3 is 5.97 Å². The molecule has 2 N–H and O–H groups in total. The number of aliphatic hydroxyl groups excluding tert-OH is 2. The standard InChI is InChI=1S/C10H20O4/c1-4-14-10(13)6-8(11)5-9(12)7(2)3/h7-9,11-12H,4-6H2,1-3H3/t8-,9-/m0/s1. The number of ether oxygens (including phenoxy) is 1. The van der Waals surface area contributed by atoms with Crippen LogP contribution in [0, 0.1) is 5.92 Å². The summed E-state index contributed by atoms with van der Waals surface area (Å²) < 4.78 is 4.67. The smallest absolute Gasteiger partial charge is 0.308 e. The highest BCUT2D eigenvalue weighted by Gasteiger charge is 2.18.